The van der Waals surface area contributed by atoms with Crippen molar-refractivity contribution in [3.05, 3.63) is 30.1 Å². The lowest BCUT2D eigenvalue weighted by Gasteiger charge is -2.22. The highest BCUT2D eigenvalue weighted by Crippen LogP contribution is 2.19. The number of hydrogen-bond acceptors (Lipinski definition) is 3. The zero-order chi connectivity index (χ0) is 15.1. The highest BCUT2D eigenvalue weighted by molar-refractivity contribution is 8.23. The zero-order valence-electron chi connectivity index (χ0n) is 11.9. The molecule has 0 unspecified atom stereocenters. The first-order chi connectivity index (χ1) is 9.49. The van der Waals surface area contributed by atoms with Crippen molar-refractivity contribution in [3.63, 3.8) is 0 Å². The van der Waals surface area contributed by atoms with Gasteiger partial charge in [-0.1, -0.05) is 36.1 Å². The molecular formula is C14H19FN2OS2. The lowest BCUT2D eigenvalue weighted by Crippen LogP contribution is -2.31. The zero-order valence-corrected chi connectivity index (χ0v) is 13.5. The molecule has 0 saturated carbocycles. The number of anilines is 1. The molecule has 6 heteroatoms. The van der Waals surface area contributed by atoms with Gasteiger partial charge in [-0.3, -0.25) is 4.79 Å². The van der Waals surface area contributed by atoms with Gasteiger partial charge >= 0.3 is 0 Å². The van der Waals surface area contributed by atoms with Gasteiger partial charge in [-0.15, -0.1) is 0 Å². The van der Waals surface area contributed by atoms with E-state index in [0.29, 0.717) is 4.32 Å². The van der Waals surface area contributed by atoms with Crippen LogP contribution >= 0.6 is 24.0 Å². The van der Waals surface area contributed by atoms with Crippen LogP contribution in [-0.4, -0.2) is 33.5 Å². The van der Waals surface area contributed by atoms with Crippen LogP contribution in [-0.2, 0) is 4.79 Å². The molecule has 0 aliphatic heterocycles. The third-order valence-electron chi connectivity index (χ3n) is 2.80. The Morgan fingerprint density at radius 1 is 1.40 bits per heavy atom. The minimum Gasteiger partial charge on any atom is -0.358 e. The summed E-state index contributed by atoms with van der Waals surface area (Å²) < 4.78 is 14.1. The van der Waals surface area contributed by atoms with Gasteiger partial charge in [-0.05, 0) is 32.9 Å². The van der Waals surface area contributed by atoms with Crippen molar-refractivity contribution >= 4 is 39.9 Å². The van der Waals surface area contributed by atoms with Gasteiger partial charge < -0.3 is 10.2 Å². The van der Waals surface area contributed by atoms with Crippen LogP contribution in [0.1, 0.15) is 20.8 Å². The Morgan fingerprint density at radius 2 is 2.00 bits per heavy atom. The molecule has 1 N–H and O–H groups in total. The number of nitrogens with zero attached hydrogens (tertiary/aromatic N) is 1. The Balaban J connectivity index is 2.60. The number of halogens is 1. The van der Waals surface area contributed by atoms with Crippen molar-refractivity contribution in [2.75, 3.05) is 18.4 Å². The first-order valence-corrected chi connectivity index (χ1v) is 7.79. The average Bonchev–Trinajstić information content (AvgIpc) is 2.42. The molecule has 3 nitrogen and oxygen atoms in total. The van der Waals surface area contributed by atoms with E-state index >= 15 is 0 Å². The largest absolute Gasteiger partial charge is 0.358 e. The van der Waals surface area contributed by atoms with Gasteiger partial charge in [0, 0.05) is 13.1 Å². The van der Waals surface area contributed by atoms with E-state index < -0.39 is 5.82 Å². The molecular weight excluding hydrogens is 295 g/mol. The second kappa shape index (κ2) is 8.21. The van der Waals surface area contributed by atoms with Crippen LogP contribution < -0.4 is 5.32 Å². The van der Waals surface area contributed by atoms with E-state index in [-0.39, 0.29) is 16.8 Å². The summed E-state index contributed by atoms with van der Waals surface area (Å²) in [5, 5.41) is 2.20. The first kappa shape index (κ1) is 16.9. The van der Waals surface area contributed by atoms with Gasteiger partial charge in [-0.25, -0.2) is 4.39 Å². The Hall–Kier alpha value is -1.14. The molecule has 1 amide bonds. The summed E-state index contributed by atoms with van der Waals surface area (Å²) in [6.45, 7) is 7.41. The molecule has 0 radical (unpaired) electrons. The molecule has 0 aliphatic rings. The van der Waals surface area contributed by atoms with Crippen molar-refractivity contribution in [2.45, 2.75) is 26.0 Å². The summed E-state index contributed by atoms with van der Waals surface area (Å²) in [7, 11) is 0. The predicted octanol–water partition coefficient (Wildman–Crippen LogP) is 3.51. The molecule has 0 saturated heterocycles. The lowest BCUT2D eigenvalue weighted by molar-refractivity contribution is -0.115. The van der Waals surface area contributed by atoms with Crippen molar-refractivity contribution in [2.24, 2.45) is 0 Å². The molecule has 1 atom stereocenters. The highest BCUT2D eigenvalue weighted by atomic mass is 32.2. The SMILES string of the molecule is CCN(CC)C(=S)S[C@@H](C)C(=O)Nc1ccccc1F. The minimum atomic E-state index is -0.440. The second-order valence-electron chi connectivity index (χ2n) is 4.17. The van der Waals surface area contributed by atoms with Crippen LogP contribution in [0.25, 0.3) is 0 Å². The van der Waals surface area contributed by atoms with Crippen molar-refractivity contribution < 1.29 is 9.18 Å². The molecule has 20 heavy (non-hydrogen) atoms. The summed E-state index contributed by atoms with van der Waals surface area (Å²) in [6, 6.07) is 6.11. The summed E-state index contributed by atoms with van der Waals surface area (Å²) >= 11 is 6.61. The average molecular weight is 314 g/mol. The Bertz CT molecular complexity index is 478. The molecule has 0 heterocycles. The number of carbonyl (C=O) groups is 1. The maximum atomic E-state index is 13.5. The van der Waals surface area contributed by atoms with Crippen LogP contribution in [0.4, 0.5) is 10.1 Å². The number of hydrogen-bond donors (Lipinski definition) is 1. The molecule has 0 fully saturated rings. The predicted molar refractivity (Wildman–Crippen MR) is 87.6 cm³/mol. The molecule has 0 aliphatic carbocycles. The molecule has 1 rings (SSSR count). The fraction of sp³-hybridized carbons (Fsp3) is 0.429. The van der Waals surface area contributed by atoms with Crippen molar-refractivity contribution in [3.8, 4) is 0 Å². The van der Waals surface area contributed by atoms with Crippen molar-refractivity contribution in [1.82, 2.24) is 4.90 Å². The van der Waals surface area contributed by atoms with Crippen LogP contribution in [0.5, 0.6) is 0 Å². The standard InChI is InChI=1S/C14H19FN2OS2/c1-4-17(5-2)14(19)20-10(3)13(18)16-12-9-7-6-8-11(12)15/h6-10H,4-5H2,1-3H3,(H,16,18)/t10-/m0/s1. The number of benzene rings is 1. The number of nitrogens with one attached hydrogen (secondary N) is 1. The minimum absolute atomic E-state index is 0.193. The second-order valence-corrected chi connectivity index (χ2v) is 6.14. The van der Waals surface area contributed by atoms with E-state index in [1.165, 1.54) is 23.9 Å². The topological polar surface area (TPSA) is 32.3 Å². The summed E-state index contributed by atoms with van der Waals surface area (Å²) in [5.74, 6) is -0.695. The summed E-state index contributed by atoms with van der Waals surface area (Å²) in [6.07, 6.45) is 0. The number of rotatable bonds is 5. The van der Waals surface area contributed by atoms with Crippen molar-refractivity contribution in [1.29, 1.82) is 0 Å². The molecule has 1 aromatic rings. The van der Waals surface area contributed by atoms with E-state index in [2.05, 4.69) is 5.32 Å². The smallest absolute Gasteiger partial charge is 0.237 e. The summed E-state index contributed by atoms with van der Waals surface area (Å²) in [5.41, 5.74) is 0.193. The van der Waals surface area contributed by atoms with Crippen LogP contribution in [0.15, 0.2) is 24.3 Å². The molecule has 0 spiro atoms. The van der Waals surface area contributed by atoms with Crippen LogP contribution in [0, 0.1) is 5.82 Å². The molecule has 0 aromatic heterocycles. The van der Waals surface area contributed by atoms with Gasteiger partial charge in [-0.2, -0.15) is 0 Å². The lowest BCUT2D eigenvalue weighted by atomic mass is 10.3. The third kappa shape index (κ3) is 4.76. The van der Waals surface area contributed by atoms with E-state index in [9.17, 15) is 9.18 Å². The van der Waals surface area contributed by atoms with Crippen LogP contribution in [0.3, 0.4) is 0 Å². The maximum absolute atomic E-state index is 13.5. The maximum Gasteiger partial charge on any atom is 0.237 e. The van der Waals surface area contributed by atoms with Crippen LogP contribution in [0.2, 0.25) is 0 Å². The Morgan fingerprint density at radius 3 is 2.55 bits per heavy atom. The molecule has 1 aromatic carbocycles. The number of amides is 1. The highest BCUT2D eigenvalue weighted by Gasteiger charge is 2.19. The quantitative estimate of drug-likeness (QED) is 0.843. The number of thioether (sulfide) groups is 1. The van der Waals surface area contributed by atoms with E-state index in [4.69, 9.17) is 12.2 Å². The number of thiocarbonyl (C=S) groups is 1. The number of carbonyl (C=O) groups excluding carboxylic acids is 1. The fourth-order valence-corrected chi connectivity index (χ4v) is 3.12. The van der Waals surface area contributed by atoms with Gasteiger partial charge in [0.25, 0.3) is 0 Å². The first-order valence-electron chi connectivity index (χ1n) is 6.50. The van der Waals surface area contributed by atoms with Gasteiger partial charge in [0.2, 0.25) is 5.91 Å². The third-order valence-corrected chi connectivity index (χ3v) is 4.37. The van der Waals surface area contributed by atoms with E-state index in [1.54, 1.807) is 19.1 Å². The molecule has 0 bridgehead atoms. The Kier molecular flexibility index (Phi) is 6.95. The fourth-order valence-electron chi connectivity index (χ4n) is 1.56. The van der Waals surface area contributed by atoms with E-state index in [1.807, 2.05) is 18.7 Å². The van der Waals surface area contributed by atoms with Gasteiger partial charge in [0.05, 0.1) is 10.9 Å². The number of para-hydroxylation sites is 1. The molecule has 110 valence electrons. The van der Waals surface area contributed by atoms with Gasteiger partial charge in [0.15, 0.2) is 0 Å². The Labute approximate surface area is 128 Å². The summed E-state index contributed by atoms with van der Waals surface area (Å²) in [4.78, 5) is 14.0. The van der Waals surface area contributed by atoms with Gasteiger partial charge in [0.1, 0.15) is 10.1 Å². The normalized spacial score (nSPS) is 11.8. The monoisotopic (exact) mass is 314 g/mol. The van der Waals surface area contributed by atoms with E-state index in [0.717, 1.165) is 13.1 Å².